The maximum absolute atomic E-state index is 11.3. The van der Waals surface area contributed by atoms with Crippen LogP contribution >= 0.6 is 11.3 Å². The number of carbonyl (C=O) groups is 1. The number of thiazole rings is 1. The Labute approximate surface area is 116 Å². The number of methoxy groups -OCH3 is 1. The molecular formula is C14H16N2O2S. The zero-order chi connectivity index (χ0) is 13.7. The van der Waals surface area contributed by atoms with Gasteiger partial charge in [-0.15, -0.1) is 11.3 Å². The molecule has 2 aromatic rings. The molecule has 1 N–H and O–H groups in total. The Morgan fingerprint density at radius 1 is 1.37 bits per heavy atom. The summed E-state index contributed by atoms with van der Waals surface area (Å²) >= 11 is 1.64. The Balaban J connectivity index is 1.97. The molecule has 2 rings (SSSR count). The van der Waals surface area contributed by atoms with Crippen molar-refractivity contribution in [1.82, 2.24) is 10.3 Å². The van der Waals surface area contributed by atoms with Gasteiger partial charge < -0.3 is 10.1 Å². The molecule has 0 saturated carbocycles. The largest absolute Gasteiger partial charge is 0.375 e. The Morgan fingerprint density at radius 3 is 2.68 bits per heavy atom. The minimum Gasteiger partial charge on any atom is -0.375 e. The van der Waals surface area contributed by atoms with E-state index in [0.717, 1.165) is 21.8 Å². The number of aromatic nitrogens is 1. The van der Waals surface area contributed by atoms with Gasteiger partial charge in [0.2, 0.25) is 5.91 Å². The van der Waals surface area contributed by atoms with E-state index in [4.69, 9.17) is 4.74 Å². The molecule has 100 valence electrons. The van der Waals surface area contributed by atoms with Crippen molar-refractivity contribution in [2.45, 2.75) is 13.5 Å². The molecule has 0 aliphatic rings. The first-order valence-electron chi connectivity index (χ1n) is 5.96. The van der Waals surface area contributed by atoms with E-state index < -0.39 is 0 Å². The van der Waals surface area contributed by atoms with Crippen LogP contribution in [0.25, 0.3) is 10.6 Å². The summed E-state index contributed by atoms with van der Waals surface area (Å²) in [5.74, 6) is -0.109. The Bertz CT molecular complexity index is 549. The van der Waals surface area contributed by atoms with Crippen molar-refractivity contribution in [3.63, 3.8) is 0 Å². The lowest BCUT2D eigenvalue weighted by Crippen LogP contribution is -2.26. The number of benzene rings is 1. The Hall–Kier alpha value is -1.72. The molecule has 4 nitrogen and oxygen atoms in total. The first kappa shape index (κ1) is 13.7. The van der Waals surface area contributed by atoms with Crippen LogP contribution in [-0.2, 0) is 16.1 Å². The topological polar surface area (TPSA) is 51.2 Å². The van der Waals surface area contributed by atoms with Crippen LogP contribution in [0.5, 0.6) is 0 Å². The molecule has 0 aliphatic heterocycles. The van der Waals surface area contributed by atoms with Crippen molar-refractivity contribution in [1.29, 1.82) is 0 Å². The second kappa shape index (κ2) is 6.45. The molecule has 0 bridgehead atoms. The highest BCUT2D eigenvalue weighted by Crippen LogP contribution is 2.23. The van der Waals surface area contributed by atoms with Crippen molar-refractivity contribution in [2.24, 2.45) is 0 Å². The monoisotopic (exact) mass is 276 g/mol. The molecule has 0 unspecified atom stereocenters. The second-order valence-electron chi connectivity index (χ2n) is 4.20. The first-order chi connectivity index (χ1) is 9.19. The number of amides is 1. The molecule has 0 aliphatic carbocycles. The molecular weight excluding hydrogens is 260 g/mol. The van der Waals surface area contributed by atoms with E-state index in [1.54, 1.807) is 11.3 Å². The third kappa shape index (κ3) is 3.87. The van der Waals surface area contributed by atoms with E-state index in [2.05, 4.69) is 10.3 Å². The minimum absolute atomic E-state index is 0.0937. The van der Waals surface area contributed by atoms with Crippen LogP contribution in [0.2, 0.25) is 0 Å². The van der Waals surface area contributed by atoms with Gasteiger partial charge in [-0.25, -0.2) is 4.98 Å². The van der Waals surface area contributed by atoms with Crippen molar-refractivity contribution in [3.8, 4) is 10.6 Å². The van der Waals surface area contributed by atoms with Gasteiger partial charge in [0.25, 0.3) is 0 Å². The van der Waals surface area contributed by atoms with E-state index in [-0.39, 0.29) is 12.5 Å². The Kier molecular flexibility index (Phi) is 4.65. The average molecular weight is 276 g/mol. The average Bonchev–Trinajstić information content (AvgIpc) is 2.84. The van der Waals surface area contributed by atoms with E-state index in [1.807, 2.05) is 36.6 Å². The predicted octanol–water partition coefficient (Wildman–Crippen LogP) is 2.38. The molecule has 5 heteroatoms. The number of rotatable bonds is 5. The van der Waals surface area contributed by atoms with Crippen LogP contribution in [0.1, 0.15) is 11.3 Å². The molecule has 19 heavy (non-hydrogen) atoms. The fraction of sp³-hybridized carbons (Fsp3) is 0.286. The lowest BCUT2D eigenvalue weighted by molar-refractivity contribution is -0.124. The van der Waals surface area contributed by atoms with Crippen molar-refractivity contribution in [2.75, 3.05) is 13.7 Å². The number of hydrogen-bond acceptors (Lipinski definition) is 4. The molecule has 0 atom stereocenters. The fourth-order valence-corrected chi connectivity index (χ4v) is 2.44. The minimum atomic E-state index is -0.109. The van der Waals surface area contributed by atoms with E-state index >= 15 is 0 Å². The maximum atomic E-state index is 11.3. The van der Waals surface area contributed by atoms with Gasteiger partial charge in [-0.1, -0.05) is 24.3 Å². The van der Waals surface area contributed by atoms with Gasteiger partial charge in [0.05, 0.1) is 0 Å². The van der Waals surface area contributed by atoms with Crippen LogP contribution in [0, 0.1) is 6.92 Å². The SMILES string of the molecule is COCC(=O)NCc1ccc(-c2nc(C)cs2)cc1. The van der Waals surface area contributed by atoms with Crippen LogP contribution in [0.15, 0.2) is 29.6 Å². The first-order valence-corrected chi connectivity index (χ1v) is 6.84. The summed E-state index contributed by atoms with van der Waals surface area (Å²) < 4.78 is 4.75. The maximum Gasteiger partial charge on any atom is 0.246 e. The van der Waals surface area contributed by atoms with Gasteiger partial charge in [0.15, 0.2) is 0 Å². The van der Waals surface area contributed by atoms with E-state index in [0.29, 0.717) is 6.54 Å². The highest BCUT2D eigenvalue weighted by atomic mass is 32.1. The fourth-order valence-electron chi connectivity index (χ4n) is 1.63. The van der Waals surface area contributed by atoms with Crippen molar-refractivity contribution in [3.05, 3.63) is 40.9 Å². The molecule has 1 aromatic heterocycles. The molecule has 0 spiro atoms. The van der Waals surface area contributed by atoms with Crippen molar-refractivity contribution >= 4 is 17.2 Å². The summed E-state index contributed by atoms with van der Waals surface area (Å²) in [7, 11) is 1.50. The zero-order valence-corrected chi connectivity index (χ0v) is 11.8. The number of carbonyl (C=O) groups excluding carboxylic acids is 1. The summed E-state index contributed by atoms with van der Waals surface area (Å²) in [5.41, 5.74) is 3.20. The molecule has 1 aromatic carbocycles. The summed E-state index contributed by atoms with van der Waals surface area (Å²) in [5, 5.41) is 5.84. The number of nitrogens with one attached hydrogen (secondary N) is 1. The van der Waals surface area contributed by atoms with Gasteiger partial charge in [-0.2, -0.15) is 0 Å². The van der Waals surface area contributed by atoms with Crippen LogP contribution in [-0.4, -0.2) is 24.6 Å². The quantitative estimate of drug-likeness (QED) is 0.912. The molecule has 0 radical (unpaired) electrons. The number of hydrogen-bond donors (Lipinski definition) is 1. The number of ether oxygens (including phenoxy) is 1. The standard InChI is InChI=1S/C14H16N2O2S/c1-10-9-19-14(16-10)12-5-3-11(4-6-12)7-15-13(17)8-18-2/h3-6,9H,7-8H2,1-2H3,(H,15,17). The number of nitrogens with zero attached hydrogens (tertiary/aromatic N) is 1. The predicted molar refractivity (Wildman–Crippen MR) is 76.0 cm³/mol. The van der Waals surface area contributed by atoms with Crippen LogP contribution in [0.3, 0.4) is 0 Å². The highest BCUT2D eigenvalue weighted by molar-refractivity contribution is 7.13. The van der Waals surface area contributed by atoms with Gasteiger partial charge in [-0.3, -0.25) is 4.79 Å². The van der Waals surface area contributed by atoms with Gasteiger partial charge in [0.1, 0.15) is 11.6 Å². The van der Waals surface area contributed by atoms with Gasteiger partial charge in [-0.05, 0) is 12.5 Å². The van der Waals surface area contributed by atoms with E-state index in [1.165, 1.54) is 7.11 Å². The summed E-state index contributed by atoms with van der Waals surface area (Å²) in [6.45, 7) is 2.59. The second-order valence-corrected chi connectivity index (χ2v) is 5.06. The zero-order valence-electron chi connectivity index (χ0n) is 11.0. The molecule has 0 saturated heterocycles. The third-order valence-corrected chi connectivity index (χ3v) is 3.59. The van der Waals surface area contributed by atoms with Crippen molar-refractivity contribution < 1.29 is 9.53 Å². The summed E-state index contributed by atoms with van der Waals surface area (Å²) in [4.78, 5) is 15.7. The third-order valence-electron chi connectivity index (χ3n) is 2.59. The van der Waals surface area contributed by atoms with Gasteiger partial charge >= 0.3 is 0 Å². The van der Waals surface area contributed by atoms with Gasteiger partial charge in [0, 0.05) is 30.3 Å². The molecule has 1 heterocycles. The normalized spacial score (nSPS) is 10.4. The summed E-state index contributed by atoms with van der Waals surface area (Å²) in [6, 6.07) is 8.05. The van der Waals surface area contributed by atoms with Crippen LogP contribution in [0.4, 0.5) is 0 Å². The van der Waals surface area contributed by atoms with Crippen LogP contribution < -0.4 is 5.32 Å². The Morgan fingerprint density at radius 2 is 2.11 bits per heavy atom. The molecule has 0 fully saturated rings. The lowest BCUT2D eigenvalue weighted by Gasteiger charge is -2.05. The summed E-state index contributed by atoms with van der Waals surface area (Å²) in [6.07, 6.45) is 0. The lowest BCUT2D eigenvalue weighted by atomic mass is 10.1. The van der Waals surface area contributed by atoms with E-state index in [9.17, 15) is 4.79 Å². The highest BCUT2D eigenvalue weighted by Gasteiger charge is 2.03. The number of aryl methyl sites for hydroxylation is 1. The molecule has 1 amide bonds. The smallest absolute Gasteiger partial charge is 0.246 e.